The standard InChI is InChI=1S/C10H14BrN3O/c1-14(2)5-7-12-9(6-3-4-6)8(11)10(15)13-7/h6H,3-5H2,1-2H3,(H,12,13,15). The Morgan fingerprint density at radius 3 is 2.73 bits per heavy atom. The summed E-state index contributed by atoms with van der Waals surface area (Å²) in [6, 6.07) is 0. The minimum atomic E-state index is -0.0660. The summed E-state index contributed by atoms with van der Waals surface area (Å²) in [7, 11) is 3.91. The van der Waals surface area contributed by atoms with Crippen molar-refractivity contribution in [3.8, 4) is 0 Å². The van der Waals surface area contributed by atoms with Crippen LogP contribution < -0.4 is 5.56 Å². The van der Waals surface area contributed by atoms with E-state index < -0.39 is 0 Å². The van der Waals surface area contributed by atoms with Crippen LogP contribution in [0.25, 0.3) is 0 Å². The van der Waals surface area contributed by atoms with Crippen LogP contribution in [-0.2, 0) is 6.54 Å². The van der Waals surface area contributed by atoms with Gasteiger partial charge in [0, 0.05) is 5.92 Å². The lowest BCUT2D eigenvalue weighted by Crippen LogP contribution is -2.20. The summed E-state index contributed by atoms with van der Waals surface area (Å²) in [6.07, 6.45) is 2.30. The molecular weight excluding hydrogens is 258 g/mol. The van der Waals surface area contributed by atoms with Gasteiger partial charge in [-0.2, -0.15) is 0 Å². The van der Waals surface area contributed by atoms with Gasteiger partial charge in [0.1, 0.15) is 10.3 Å². The average molecular weight is 272 g/mol. The Kier molecular flexibility index (Phi) is 2.93. The monoisotopic (exact) mass is 271 g/mol. The molecule has 82 valence electrons. The van der Waals surface area contributed by atoms with Crippen molar-refractivity contribution in [1.29, 1.82) is 0 Å². The molecule has 2 rings (SSSR count). The van der Waals surface area contributed by atoms with Crippen molar-refractivity contribution in [3.05, 3.63) is 26.3 Å². The van der Waals surface area contributed by atoms with Crippen molar-refractivity contribution in [2.24, 2.45) is 0 Å². The van der Waals surface area contributed by atoms with E-state index in [9.17, 15) is 4.79 Å². The fourth-order valence-corrected chi connectivity index (χ4v) is 2.04. The van der Waals surface area contributed by atoms with Gasteiger partial charge in [-0.05, 0) is 42.9 Å². The van der Waals surface area contributed by atoms with Crippen molar-refractivity contribution in [2.45, 2.75) is 25.3 Å². The molecule has 0 spiro atoms. The third-order valence-electron chi connectivity index (χ3n) is 2.37. The van der Waals surface area contributed by atoms with E-state index in [2.05, 4.69) is 25.9 Å². The van der Waals surface area contributed by atoms with Crippen LogP contribution in [0.3, 0.4) is 0 Å². The molecule has 1 aromatic heterocycles. The second-order valence-electron chi connectivity index (χ2n) is 4.22. The van der Waals surface area contributed by atoms with E-state index in [1.807, 2.05) is 19.0 Å². The summed E-state index contributed by atoms with van der Waals surface area (Å²) < 4.78 is 0.604. The van der Waals surface area contributed by atoms with E-state index in [1.54, 1.807) is 0 Å². The number of aromatic amines is 1. The van der Waals surface area contributed by atoms with Crippen molar-refractivity contribution in [3.63, 3.8) is 0 Å². The van der Waals surface area contributed by atoms with Gasteiger partial charge in [0.25, 0.3) is 5.56 Å². The number of nitrogens with zero attached hydrogens (tertiary/aromatic N) is 2. The Bertz CT molecular complexity index is 423. The van der Waals surface area contributed by atoms with Gasteiger partial charge in [-0.15, -0.1) is 0 Å². The summed E-state index contributed by atoms with van der Waals surface area (Å²) in [5.41, 5.74) is 0.861. The van der Waals surface area contributed by atoms with E-state index in [-0.39, 0.29) is 5.56 Å². The van der Waals surface area contributed by atoms with E-state index in [4.69, 9.17) is 0 Å². The van der Waals surface area contributed by atoms with Crippen LogP contribution >= 0.6 is 15.9 Å². The smallest absolute Gasteiger partial charge is 0.265 e. The predicted molar refractivity (Wildman–Crippen MR) is 61.9 cm³/mol. The van der Waals surface area contributed by atoms with Gasteiger partial charge in [-0.1, -0.05) is 0 Å². The normalized spacial score (nSPS) is 16.0. The van der Waals surface area contributed by atoms with E-state index in [0.29, 0.717) is 16.9 Å². The number of nitrogens with one attached hydrogen (secondary N) is 1. The number of hydrogen-bond acceptors (Lipinski definition) is 3. The summed E-state index contributed by atoms with van der Waals surface area (Å²) in [4.78, 5) is 20.9. The lowest BCUT2D eigenvalue weighted by atomic mass is 10.3. The molecule has 0 saturated heterocycles. The third-order valence-corrected chi connectivity index (χ3v) is 3.13. The third kappa shape index (κ3) is 2.46. The first kappa shape index (κ1) is 10.8. The van der Waals surface area contributed by atoms with Gasteiger partial charge in [0.2, 0.25) is 0 Å². The molecule has 0 atom stereocenters. The van der Waals surface area contributed by atoms with Crippen LogP contribution in [0.2, 0.25) is 0 Å². The van der Waals surface area contributed by atoms with Crippen molar-refractivity contribution >= 4 is 15.9 Å². The van der Waals surface area contributed by atoms with Crippen molar-refractivity contribution in [2.75, 3.05) is 14.1 Å². The highest BCUT2D eigenvalue weighted by molar-refractivity contribution is 9.10. The number of halogens is 1. The molecule has 1 aromatic rings. The lowest BCUT2D eigenvalue weighted by Gasteiger charge is -2.10. The first-order valence-electron chi connectivity index (χ1n) is 5.01. The Hall–Kier alpha value is -0.680. The number of hydrogen-bond donors (Lipinski definition) is 1. The van der Waals surface area contributed by atoms with E-state index in [0.717, 1.165) is 24.4 Å². The maximum atomic E-state index is 11.6. The summed E-state index contributed by atoms with van der Waals surface area (Å²) in [5.74, 6) is 1.23. The quantitative estimate of drug-likeness (QED) is 0.906. The fourth-order valence-electron chi connectivity index (χ4n) is 1.53. The number of H-pyrrole nitrogens is 1. The molecule has 0 aromatic carbocycles. The van der Waals surface area contributed by atoms with Gasteiger partial charge >= 0.3 is 0 Å². The highest BCUT2D eigenvalue weighted by atomic mass is 79.9. The molecule has 5 heteroatoms. The largest absolute Gasteiger partial charge is 0.308 e. The Morgan fingerprint density at radius 1 is 1.53 bits per heavy atom. The fraction of sp³-hybridized carbons (Fsp3) is 0.600. The second-order valence-corrected chi connectivity index (χ2v) is 5.02. The van der Waals surface area contributed by atoms with Gasteiger partial charge in [-0.25, -0.2) is 4.98 Å². The van der Waals surface area contributed by atoms with Crippen LogP contribution in [0.4, 0.5) is 0 Å². The van der Waals surface area contributed by atoms with Gasteiger partial charge in [-0.3, -0.25) is 4.79 Å². The summed E-state index contributed by atoms with van der Waals surface area (Å²) in [6.45, 7) is 0.669. The Balaban J connectivity index is 2.37. The maximum Gasteiger partial charge on any atom is 0.265 e. The van der Waals surface area contributed by atoms with E-state index >= 15 is 0 Å². The molecule has 4 nitrogen and oxygen atoms in total. The van der Waals surface area contributed by atoms with Crippen LogP contribution in [0, 0.1) is 0 Å². The maximum absolute atomic E-state index is 11.6. The zero-order valence-electron chi connectivity index (χ0n) is 8.88. The molecule has 1 N–H and O–H groups in total. The van der Waals surface area contributed by atoms with Crippen LogP contribution in [0.1, 0.15) is 30.3 Å². The minimum absolute atomic E-state index is 0.0660. The molecule has 0 radical (unpaired) electrons. The van der Waals surface area contributed by atoms with Crippen molar-refractivity contribution < 1.29 is 0 Å². The number of aromatic nitrogens is 2. The number of rotatable bonds is 3. The summed E-state index contributed by atoms with van der Waals surface area (Å²) >= 11 is 3.30. The molecule has 0 amide bonds. The molecule has 1 heterocycles. The molecule has 1 aliphatic rings. The van der Waals surface area contributed by atoms with Gasteiger partial charge in [0.15, 0.2) is 0 Å². The molecule has 0 aliphatic heterocycles. The first-order chi connectivity index (χ1) is 7.08. The Labute approximate surface area is 96.8 Å². The lowest BCUT2D eigenvalue weighted by molar-refractivity contribution is 0.389. The molecule has 15 heavy (non-hydrogen) atoms. The topological polar surface area (TPSA) is 49.0 Å². The molecule has 1 saturated carbocycles. The molecular formula is C10H14BrN3O. The molecule has 0 bridgehead atoms. The first-order valence-corrected chi connectivity index (χ1v) is 5.80. The molecule has 0 unspecified atom stereocenters. The molecule has 1 fully saturated rings. The van der Waals surface area contributed by atoms with Crippen molar-refractivity contribution in [1.82, 2.24) is 14.9 Å². The zero-order valence-corrected chi connectivity index (χ0v) is 10.5. The van der Waals surface area contributed by atoms with Crippen LogP contribution in [0.15, 0.2) is 9.27 Å². The summed E-state index contributed by atoms with van der Waals surface area (Å²) in [5, 5.41) is 0. The molecule has 1 aliphatic carbocycles. The highest BCUT2D eigenvalue weighted by Gasteiger charge is 2.28. The Morgan fingerprint density at radius 2 is 2.20 bits per heavy atom. The zero-order chi connectivity index (χ0) is 11.0. The highest BCUT2D eigenvalue weighted by Crippen LogP contribution is 2.41. The van der Waals surface area contributed by atoms with Gasteiger partial charge in [0.05, 0.1) is 12.2 Å². The van der Waals surface area contributed by atoms with E-state index in [1.165, 1.54) is 0 Å². The SMILES string of the molecule is CN(C)Cc1nc(C2CC2)c(Br)c(=O)[nH]1. The van der Waals surface area contributed by atoms with Gasteiger partial charge < -0.3 is 9.88 Å². The van der Waals surface area contributed by atoms with Crippen LogP contribution in [-0.4, -0.2) is 29.0 Å². The average Bonchev–Trinajstić information content (AvgIpc) is 2.93. The predicted octanol–water partition coefficient (Wildman–Crippen LogP) is 1.47. The minimum Gasteiger partial charge on any atom is -0.308 e. The van der Waals surface area contributed by atoms with Crippen LogP contribution in [0.5, 0.6) is 0 Å². The second kappa shape index (κ2) is 4.06.